The molecule has 0 atom stereocenters. The van der Waals surface area contributed by atoms with E-state index in [9.17, 15) is 0 Å². The summed E-state index contributed by atoms with van der Waals surface area (Å²) in [7, 11) is -2.73. The Morgan fingerprint density at radius 1 is 0.271 bits per heavy atom. The van der Waals surface area contributed by atoms with E-state index in [2.05, 4.69) is 276 Å². The molecule has 14 aromatic rings. The van der Waals surface area contributed by atoms with E-state index < -0.39 is 8.07 Å². The molecule has 0 unspecified atom stereocenters. The second-order valence-corrected chi connectivity index (χ2v) is 23.3. The van der Waals surface area contributed by atoms with Crippen molar-refractivity contribution in [2.75, 3.05) is 0 Å². The van der Waals surface area contributed by atoms with Gasteiger partial charge >= 0.3 is 0 Å². The second-order valence-electron chi connectivity index (χ2n) is 18.4. The minimum absolute atomic E-state index is 1.16. The van der Waals surface area contributed by atoms with Crippen molar-refractivity contribution >= 4 is 104 Å². The van der Waals surface area contributed by atoms with Crippen molar-refractivity contribution in [1.29, 1.82) is 0 Å². The lowest BCUT2D eigenvalue weighted by Crippen LogP contribution is -2.74. The molecule has 0 fully saturated rings. The molecule has 3 aromatic heterocycles. The zero-order valence-electron chi connectivity index (χ0n) is 38.2. The molecular formula is C66H44N2SSi. The lowest BCUT2D eigenvalue weighted by Gasteiger charge is -2.34. The first-order chi connectivity index (χ1) is 34.7. The van der Waals surface area contributed by atoms with Crippen LogP contribution in [-0.2, 0) is 0 Å². The van der Waals surface area contributed by atoms with Gasteiger partial charge in [-0.1, -0.05) is 206 Å². The fourth-order valence-electron chi connectivity index (χ4n) is 11.6. The highest BCUT2D eigenvalue weighted by Crippen LogP contribution is 2.45. The van der Waals surface area contributed by atoms with Crippen molar-refractivity contribution in [1.82, 2.24) is 9.13 Å². The van der Waals surface area contributed by atoms with E-state index in [1.165, 1.54) is 112 Å². The maximum absolute atomic E-state index is 2.73. The topological polar surface area (TPSA) is 9.86 Å². The molecule has 0 aliphatic carbocycles. The monoisotopic (exact) mass is 924 g/mol. The molecule has 14 rings (SSSR count). The van der Waals surface area contributed by atoms with Gasteiger partial charge in [0.05, 0.1) is 32.5 Å². The van der Waals surface area contributed by atoms with Gasteiger partial charge in [0.1, 0.15) is 0 Å². The summed E-state index contributed by atoms with van der Waals surface area (Å²) < 4.78 is 7.49. The molecule has 11 aromatic carbocycles. The van der Waals surface area contributed by atoms with Crippen molar-refractivity contribution in [3.63, 3.8) is 0 Å². The molecule has 0 spiro atoms. The van der Waals surface area contributed by atoms with E-state index in [1.807, 2.05) is 11.3 Å². The van der Waals surface area contributed by atoms with Crippen LogP contribution in [0.1, 0.15) is 0 Å². The Hall–Kier alpha value is -8.54. The van der Waals surface area contributed by atoms with Gasteiger partial charge in [-0.25, -0.2) is 0 Å². The van der Waals surface area contributed by atoms with E-state index in [1.54, 1.807) is 0 Å². The standard InChI is InChI=1S/C66H44N2SSi/c1-4-23-50(24-5-1)70(51-25-6-2-7-26-51,52-27-8-3-9-28-52)53-29-19-22-47(41-53)45-20-18-21-46(40-45)48-42-59-58-44-49(67-60-34-14-10-30-54(60)55-31-11-15-35-61(55)67)38-39-65(58)69-66(59)64(43-48)68-62-36-16-12-32-56(62)57-33-13-17-37-63(57)68/h1-44H. The molecule has 70 heavy (non-hydrogen) atoms. The quantitative estimate of drug-likeness (QED) is 0.106. The predicted octanol–water partition coefficient (Wildman–Crippen LogP) is 15.0. The SMILES string of the molecule is c1ccc([Si](c2ccccc2)(c2ccccc2)c2cccc(-c3cccc(-c4cc(-n5c6ccccc6c6ccccc65)c5sc6ccc(-n7c8ccccc8c8ccccc87)cc6c5c4)c3)c2)cc1. The molecule has 0 bridgehead atoms. The molecule has 0 aliphatic heterocycles. The highest BCUT2D eigenvalue weighted by molar-refractivity contribution is 7.26. The summed E-state index contributed by atoms with van der Waals surface area (Å²) in [4.78, 5) is 0. The number of hydrogen-bond donors (Lipinski definition) is 0. The van der Waals surface area contributed by atoms with Gasteiger partial charge in [-0.3, -0.25) is 0 Å². The fourth-order valence-corrected chi connectivity index (χ4v) is 17.5. The Balaban J connectivity index is 0.993. The Bertz CT molecular complexity index is 4090. The lowest BCUT2D eigenvalue weighted by molar-refractivity contribution is 1.19. The molecule has 0 aliphatic rings. The summed E-state index contributed by atoms with van der Waals surface area (Å²) in [5.74, 6) is 0. The van der Waals surface area contributed by atoms with Gasteiger partial charge in [0.15, 0.2) is 8.07 Å². The van der Waals surface area contributed by atoms with Crippen molar-refractivity contribution in [3.05, 3.63) is 267 Å². The van der Waals surface area contributed by atoms with Crippen LogP contribution in [0.3, 0.4) is 0 Å². The predicted molar refractivity (Wildman–Crippen MR) is 302 cm³/mol. The van der Waals surface area contributed by atoms with Gasteiger partial charge in [-0.05, 0) is 104 Å². The molecule has 2 nitrogen and oxygen atoms in total. The number of benzene rings is 11. The second kappa shape index (κ2) is 16.3. The highest BCUT2D eigenvalue weighted by atomic mass is 32.1. The molecule has 3 heterocycles. The van der Waals surface area contributed by atoms with Crippen LogP contribution < -0.4 is 20.7 Å². The van der Waals surface area contributed by atoms with Gasteiger partial charge in [0.25, 0.3) is 0 Å². The molecular weight excluding hydrogens is 881 g/mol. The summed E-state index contributed by atoms with van der Waals surface area (Å²) in [5.41, 5.74) is 12.0. The van der Waals surface area contributed by atoms with Crippen LogP contribution in [0.5, 0.6) is 0 Å². The first kappa shape index (κ1) is 40.5. The Labute approximate surface area is 411 Å². The zero-order valence-corrected chi connectivity index (χ0v) is 40.0. The number of nitrogens with zero attached hydrogens (tertiary/aromatic N) is 2. The molecule has 0 saturated heterocycles. The van der Waals surface area contributed by atoms with E-state index >= 15 is 0 Å². The normalized spacial score (nSPS) is 12.0. The van der Waals surface area contributed by atoms with E-state index in [-0.39, 0.29) is 0 Å². The molecule has 0 saturated carbocycles. The zero-order chi connectivity index (χ0) is 46.2. The third kappa shape index (κ3) is 6.24. The van der Waals surface area contributed by atoms with Crippen molar-refractivity contribution < 1.29 is 0 Å². The van der Waals surface area contributed by atoms with Crippen molar-refractivity contribution in [2.45, 2.75) is 0 Å². The number of aromatic nitrogens is 2. The van der Waals surface area contributed by atoms with Crippen LogP contribution in [-0.4, -0.2) is 17.2 Å². The molecule has 0 radical (unpaired) electrons. The Kier molecular flexibility index (Phi) is 9.44. The number of hydrogen-bond acceptors (Lipinski definition) is 1. The van der Waals surface area contributed by atoms with Crippen molar-refractivity contribution in [2.24, 2.45) is 0 Å². The van der Waals surface area contributed by atoms with Crippen LogP contribution in [0.2, 0.25) is 0 Å². The Morgan fingerprint density at radius 3 is 1.23 bits per heavy atom. The van der Waals surface area contributed by atoms with Crippen LogP contribution >= 0.6 is 11.3 Å². The Morgan fingerprint density at radius 2 is 0.700 bits per heavy atom. The van der Waals surface area contributed by atoms with Crippen LogP contribution in [0.4, 0.5) is 0 Å². The van der Waals surface area contributed by atoms with Crippen LogP contribution in [0, 0.1) is 0 Å². The van der Waals surface area contributed by atoms with Gasteiger partial charge < -0.3 is 9.13 Å². The smallest absolute Gasteiger partial charge is 0.179 e. The van der Waals surface area contributed by atoms with Crippen LogP contribution in [0.15, 0.2) is 267 Å². The minimum Gasteiger partial charge on any atom is -0.309 e. The third-order valence-electron chi connectivity index (χ3n) is 14.6. The lowest BCUT2D eigenvalue weighted by atomic mass is 9.97. The van der Waals surface area contributed by atoms with Crippen LogP contribution in [0.25, 0.3) is 97.4 Å². The third-order valence-corrected chi connectivity index (χ3v) is 20.6. The molecule has 328 valence electrons. The number of rotatable bonds is 8. The van der Waals surface area contributed by atoms with Gasteiger partial charge in [-0.2, -0.15) is 0 Å². The molecule has 4 heteroatoms. The summed E-state index contributed by atoms with van der Waals surface area (Å²) in [6, 6.07) is 99.5. The van der Waals surface area contributed by atoms with Gasteiger partial charge in [-0.15, -0.1) is 11.3 Å². The number of para-hydroxylation sites is 4. The first-order valence-corrected chi connectivity index (χ1v) is 26.9. The molecule has 0 amide bonds. The minimum atomic E-state index is -2.73. The number of thiophene rings is 1. The average Bonchev–Trinajstić information content (AvgIpc) is 4.10. The van der Waals surface area contributed by atoms with Gasteiger partial charge in [0.2, 0.25) is 0 Å². The average molecular weight is 925 g/mol. The van der Waals surface area contributed by atoms with E-state index in [4.69, 9.17) is 0 Å². The van der Waals surface area contributed by atoms with E-state index in [0.29, 0.717) is 0 Å². The summed E-state index contributed by atoms with van der Waals surface area (Å²) in [5, 5.41) is 13.0. The summed E-state index contributed by atoms with van der Waals surface area (Å²) in [6.45, 7) is 0. The summed E-state index contributed by atoms with van der Waals surface area (Å²) >= 11 is 1.89. The maximum Gasteiger partial charge on any atom is 0.179 e. The maximum atomic E-state index is 2.51. The van der Waals surface area contributed by atoms with Crippen molar-refractivity contribution in [3.8, 4) is 33.6 Å². The highest BCUT2D eigenvalue weighted by Gasteiger charge is 2.41. The van der Waals surface area contributed by atoms with E-state index in [0.717, 1.165) is 5.69 Å². The fraction of sp³-hybridized carbons (Fsp3) is 0. The largest absolute Gasteiger partial charge is 0.309 e. The number of fused-ring (bicyclic) bond motifs is 9. The first-order valence-electron chi connectivity index (χ1n) is 24.1. The van der Waals surface area contributed by atoms with Gasteiger partial charge in [0, 0.05) is 42.7 Å². The summed E-state index contributed by atoms with van der Waals surface area (Å²) in [6.07, 6.45) is 0. The molecule has 0 N–H and O–H groups in total.